The summed E-state index contributed by atoms with van der Waals surface area (Å²) in [7, 11) is 0. The van der Waals surface area contributed by atoms with Crippen LogP contribution in [0, 0.1) is 0 Å². The molecule has 0 saturated heterocycles. The third-order valence-corrected chi connectivity index (χ3v) is 2.64. The highest BCUT2D eigenvalue weighted by Gasteiger charge is 2.16. The molecule has 98 valence electrons. The first-order chi connectivity index (χ1) is 7.30. The van der Waals surface area contributed by atoms with Crippen molar-refractivity contribution >= 4 is 12.4 Å². The second-order valence-corrected chi connectivity index (χ2v) is 5.11. The average Bonchev–Trinajstić information content (AvgIpc) is 2.15. The van der Waals surface area contributed by atoms with Crippen molar-refractivity contribution in [3.8, 4) is 0 Å². The molecule has 0 aliphatic carbocycles. The summed E-state index contributed by atoms with van der Waals surface area (Å²) < 4.78 is 24.3. The Morgan fingerprint density at radius 3 is 1.94 bits per heavy atom. The van der Waals surface area contributed by atoms with Gasteiger partial charge in [0.2, 0.25) is 6.43 Å². The summed E-state index contributed by atoms with van der Waals surface area (Å²) in [4.78, 5) is 0. The lowest BCUT2D eigenvalue weighted by Gasteiger charge is -2.20. The van der Waals surface area contributed by atoms with Gasteiger partial charge in [0.1, 0.15) is 0 Å². The van der Waals surface area contributed by atoms with Crippen LogP contribution in [0.5, 0.6) is 0 Å². The number of nitrogens with two attached hydrogens (primary N) is 1. The van der Waals surface area contributed by atoms with E-state index in [9.17, 15) is 8.78 Å². The number of benzene rings is 1. The molecule has 0 fully saturated rings. The first-order valence-corrected chi connectivity index (χ1v) is 5.45. The summed E-state index contributed by atoms with van der Waals surface area (Å²) in [6.45, 7) is 6.34. The fourth-order valence-corrected chi connectivity index (χ4v) is 1.56. The van der Waals surface area contributed by atoms with E-state index >= 15 is 0 Å². The molecule has 4 heteroatoms. The highest BCUT2D eigenvalue weighted by Crippen LogP contribution is 2.24. The third kappa shape index (κ3) is 5.00. The van der Waals surface area contributed by atoms with Crippen molar-refractivity contribution in [2.45, 2.75) is 45.1 Å². The Balaban J connectivity index is 0.00000256. The van der Waals surface area contributed by atoms with Gasteiger partial charge in [-0.25, -0.2) is 8.78 Å². The van der Waals surface area contributed by atoms with E-state index in [0.29, 0.717) is 0 Å². The summed E-state index contributed by atoms with van der Waals surface area (Å²) >= 11 is 0. The third-order valence-electron chi connectivity index (χ3n) is 2.64. The van der Waals surface area contributed by atoms with Gasteiger partial charge in [0.15, 0.2) is 0 Å². The van der Waals surface area contributed by atoms with Crippen LogP contribution in [0.1, 0.15) is 44.4 Å². The van der Waals surface area contributed by atoms with Crippen molar-refractivity contribution in [2.75, 3.05) is 0 Å². The Kier molecular flexibility index (Phi) is 6.06. The number of rotatable bonds is 3. The van der Waals surface area contributed by atoms with Crippen molar-refractivity contribution in [1.29, 1.82) is 0 Å². The lowest BCUT2D eigenvalue weighted by molar-refractivity contribution is 0.128. The fourth-order valence-electron chi connectivity index (χ4n) is 1.56. The van der Waals surface area contributed by atoms with Crippen LogP contribution in [0.2, 0.25) is 0 Å². The standard InChI is InChI=1S/C13H19F2N.ClH/c1-13(2,3)10-6-4-9(5-7-10)11(16)8-12(14)15;/h4-7,11-12H,8,16H2,1-3H3;1H/t11-;/m0./s1. The minimum Gasteiger partial charge on any atom is -0.324 e. The van der Waals surface area contributed by atoms with Gasteiger partial charge in [0.05, 0.1) is 0 Å². The van der Waals surface area contributed by atoms with Gasteiger partial charge in [0, 0.05) is 12.5 Å². The van der Waals surface area contributed by atoms with Crippen LogP contribution in [-0.4, -0.2) is 6.43 Å². The Hall–Kier alpha value is -0.670. The Labute approximate surface area is 108 Å². The van der Waals surface area contributed by atoms with Crippen LogP contribution >= 0.6 is 12.4 Å². The molecule has 0 amide bonds. The van der Waals surface area contributed by atoms with Crippen molar-refractivity contribution in [3.63, 3.8) is 0 Å². The molecule has 17 heavy (non-hydrogen) atoms. The Morgan fingerprint density at radius 1 is 1.12 bits per heavy atom. The van der Waals surface area contributed by atoms with Crippen LogP contribution in [0.15, 0.2) is 24.3 Å². The van der Waals surface area contributed by atoms with Crippen LogP contribution < -0.4 is 5.73 Å². The summed E-state index contributed by atoms with van der Waals surface area (Å²) in [5, 5.41) is 0. The van der Waals surface area contributed by atoms with Crippen LogP contribution in [0.4, 0.5) is 8.78 Å². The van der Waals surface area contributed by atoms with Gasteiger partial charge < -0.3 is 5.73 Å². The molecule has 0 aliphatic rings. The minimum atomic E-state index is -2.35. The van der Waals surface area contributed by atoms with Gasteiger partial charge in [-0.3, -0.25) is 0 Å². The number of alkyl halides is 2. The summed E-state index contributed by atoms with van der Waals surface area (Å²) in [5.41, 5.74) is 7.70. The second kappa shape index (κ2) is 6.31. The predicted octanol–water partition coefficient (Wildman–Crippen LogP) is 4.06. The molecular weight excluding hydrogens is 244 g/mol. The maximum Gasteiger partial charge on any atom is 0.240 e. The molecule has 1 aromatic rings. The fraction of sp³-hybridized carbons (Fsp3) is 0.538. The normalized spacial score (nSPS) is 13.4. The number of hydrogen-bond acceptors (Lipinski definition) is 1. The van der Waals surface area contributed by atoms with Crippen LogP contribution in [0.25, 0.3) is 0 Å². The van der Waals surface area contributed by atoms with E-state index in [4.69, 9.17) is 5.73 Å². The van der Waals surface area contributed by atoms with Crippen molar-refractivity contribution < 1.29 is 8.78 Å². The maximum absolute atomic E-state index is 12.2. The van der Waals surface area contributed by atoms with Gasteiger partial charge in [-0.2, -0.15) is 0 Å². The molecule has 1 aromatic carbocycles. The number of halogens is 3. The molecule has 0 aliphatic heterocycles. The van der Waals surface area contributed by atoms with Gasteiger partial charge in [-0.1, -0.05) is 45.0 Å². The highest BCUT2D eigenvalue weighted by molar-refractivity contribution is 5.85. The lowest BCUT2D eigenvalue weighted by Crippen LogP contribution is -2.15. The SMILES string of the molecule is CC(C)(C)c1ccc([C@@H](N)CC(F)F)cc1.Cl. The summed E-state index contributed by atoms with van der Waals surface area (Å²) in [6, 6.07) is 7.02. The zero-order chi connectivity index (χ0) is 12.3. The average molecular weight is 264 g/mol. The molecule has 0 spiro atoms. The van der Waals surface area contributed by atoms with Gasteiger partial charge in [-0.15, -0.1) is 12.4 Å². The van der Waals surface area contributed by atoms with Crippen LogP contribution in [0.3, 0.4) is 0 Å². The lowest BCUT2D eigenvalue weighted by atomic mass is 9.86. The number of hydrogen-bond donors (Lipinski definition) is 1. The quantitative estimate of drug-likeness (QED) is 0.874. The maximum atomic E-state index is 12.2. The first-order valence-electron chi connectivity index (χ1n) is 5.45. The Morgan fingerprint density at radius 2 is 1.59 bits per heavy atom. The van der Waals surface area contributed by atoms with E-state index in [-0.39, 0.29) is 24.2 Å². The molecule has 0 heterocycles. The van der Waals surface area contributed by atoms with E-state index in [1.54, 1.807) is 0 Å². The second-order valence-electron chi connectivity index (χ2n) is 5.11. The molecule has 2 N–H and O–H groups in total. The minimum absolute atomic E-state index is 0. The van der Waals surface area contributed by atoms with E-state index in [2.05, 4.69) is 20.8 Å². The van der Waals surface area contributed by atoms with Gasteiger partial charge in [0.25, 0.3) is 0 Å². The molecule has 0 bridgehead atoms. The molecular formula is C13H20ClF2N. The first kappa shape index (κ1) is 16.3. The van der Waals surface area contributed by atoms with Gasteiger partial charge in [-0.05, 0) is 16.5 Å². The smallest absolute Gasteiger partial charge is 0.240 e. The molecule has 0 radical (unpaired) electrons. The molecule has 1 atom stereocenters. The predicted molar refractivity (Wildman–Crippen MR) is 69.9 cm³/mol. The molecule has 0 saturated carbocycles. The zero-order valence-corrected chi connectivity index (χ0v) is 11.2. The Bertz CT molecular complexity index is 330. The zero-order valence-electron chi connectivity index (χ0n) is 10.4. The molecule has 1 nitrogen and oxygen atoms in total. The summed E-state index contributed by atoms with van der Waals surface area (Å²) in [5.74, 6) is 0. The highest BCUT2D eigenvalue weighted by atomic mass is 35.5. The molecule has 1 rings (SSSR count). The van der Waals surface area contributed by atoms with E-state index < -0.39 is 12.5 Å². The van der Waals surface area contributed by atoms with E-state index in [1.807, 2.05) is 24.3 Å². The monoisotopic (exact) mass is 263 g/mol. The largest absolute Gasteiger partial charge is 0.324 e. The van der Waals surface area contributed by atoms with Gasteiger partial charge >= 0.3 is 0 Å². The van der Waals surface area contributed by atoms with Crippen molar-refractivity contribution in [1.82, 2.24) is 0 Å². The van der Waals surface area contributed by atoms with E-state index in [1.165, 1.54) is 5.56 Å². The topological polar surface area (TPSA) is 26.0 Å². The van der Waals surface area contributed by atoms with Crippen molar-refractivity contribution in [2.24, 2.45) is 5.73 Å². The molecule has 0 aromatic heterocycles. The van der Waals surface area contributed by atoms with Crippen molar-refractivity contribution in [3.05, 3.63) is 35.4 Å². The van der Waals surface area contributed by atoms with E-state index in [0.717, 1.165) is 5.56 Å². The van der Waals surface area contributed by atoms with Crippen LogP contribution in [-0.2, 0) is 5.41 Å². The molecule has 0 unspecified atom stereocenters. The summed E-state index contributed by atoms with van der Waals surface area (Å²) in [6.07, 6.45) is -2.63.